The van der Waals surface area contributed by atoms with Gasteiger partial charge < -0.3 is 10.4 Å². The molecule has 0 heterocycles. The summed E-state index contributed by atoms with van der Waals surface area (Å²) < 4.78 is 0. The standard InChI is InChI=1S/C9H17NO2/c1-9(2,12)8(11)10-7-5-3-4-6-7/h7,12H,3-6H2,1-2H3,(H,10,11). The van der Waals surface area contributed by atoms with Gasteiger partial charge in [-0.2, -0.15) is 0 Å². The lowest BCUT2D eigenvalue weighted by molar-refractivity contribution is -0.137. The summed E-state index contributed by atoms with van der Waals surface area (Å²) in [5.41, 5.74) is -1.23. The molecular weight excluding hydrogens is 154 g/mol. The Morgan fingerprint density at radius 2 is 1.92 bits per heavy atom. The zero-order valence-corrected chi connectivity index (χ0v) is 7.76. The molecule has 0 atom stereocenters. The maximum atomic E-state index is 11.3. The molecule has 1 rings (SSSR count). The fourth-order valence-electron chi connectivity index (χ4n) is 1.43. The van der Waals surface area contributed by atoms with E-state index in [0.717, 1.165) is 12.8 Å². The second-order valence-electron chi connectivity index (χ2n) is 4.01. The van der Waals surface area contributed by atoms with Gasteiger partial charge in [-0.05, 0) is 26.7 Å². The van der Waals surface area contributed by atoms with E-state index < -0.39 is 5.60 Å². The van der Waals surface area contributed by atoms with Gasteiger partial charge in [-0.1, -0.05) is 12.8 Å². The van der Waals surface area contributed by atoms with Crippen LogP contribution < -0.4 is 5.32 Å². The molecule has 0 aromatic heterocycles. The molecule has 3 heteroatoms. The maximum absolute atomic E-state index is 11.3. The third-order valence-electron chi connectivity index (χ3n) is 2.25. The van der Waals surface area contributed by atoms with Gasteiger partial charge in [0.15, 0.2) is 0 Å². The number of nitrogens with one attached hydrogen (secondary N) is 1. The van der Waals surface area contributed by atoms with Crippen molar-refractivity contribution in [1.82, 2.24) is 5.32 Å². The third kappa shape index (κ3) is 2.48. The number of aliphatic hydroxyl groups is 1. The number of hydrogen-bond donors (Lipinski definition) is 2. The molecule has 70 valence electrons. The number of carbonyl (C=O) groups is 1. The van der Waals surface area contributed by atoms with E-state index in [1.54, 1.807) is 0 Å². The second kappa shape index (κ2) is 3.44. The molecule has 0 aromatic rings. The highest BCUT2D eigenvalue weighted by Gasteiger charge is 2.27. The molecule has 1 aliphatic rings. The summed E-state index contributed by atoms with van der Waals surface area (Å²) in [4.78, 5) is 11.3. The van der Waals surface area contributed by atoms with Crippen LogP contribution in [0.3, 0.4) is 0 Å². The molecule has 1 aliphatic carbocycles. The molecule has 2 N–H and O–H groups in total. The van der Waals surface area contributed by atoms with Crippen molar-refractivity contribution in [2.75, 3.05) is 0 Å². The van der Waals surface area contributed by atoms with Crippen molar-refractivity contribution in [3.8, 4) is 0 Å². The van der Waals surface area contributed by atoms with E-state index in [-0.39, 0.29) is 5.91 Å². The molecule has 1 fully saturated rings. The maximum Gasteiger partial charge on any atom is 0.251 e. The van der Waals surface area contributed by atoms with Crippen LogP contribution in [0, 0.1) is 0 Å². The first-order valence-corrected chi connectivity index (χ1v) is 4.53. The van der Waals surface area contributed by atoms with Gasteiger partial charge in [-0.25, -0.2) is 0 Å². The van der Waals surface area contributed by atoms with Crippen molar-refractivity contribution in [1.29, 1.82) is 0 Å². The van der Waals surface area contributed by atoms with E-state index in [9.17, 15) is 9.90 Å². The predicted octanol–water partition coefficient (Wildman–Crippen LogP) is 0.816. The van der Waals surface area contributed by atoms with E-state index >= 15 is 0 Å². The average molecular weight is 171 g/mol. The lowest BCUT2D eigenvalue weighted by atomic mass is 10.1. The summed E-state index contributed by atoms with van der Waals surface area (Å²) in [6.07, 6.45) is 4.50. The van der Waals surface area contributed by atoms with Gasteiger partial charge in [0.1, 0.15) is 5.60 Å². The Morgan fingerprint density at radius 1 is 1.42 bits per heavy atom. The van der Waals surface area contributed by atoms with Gasteiger partial charge in [0, 0.05) is 6.04 Å². The van der Waals surface area contributed by atoms with Crippen LogP contribution >= 0.6 is 0 Å². The third-order valence-corrected chi connectivity index (χ3v) is 2.25. The summed E-state index contributed by atoms with van der Waals surface area (Å²) >= 11 is 0. The molecular formula is C9H17NO2. The molecule has 1 amide bonds. The molecule has 0 aliphatic heterocycles. The Kier molecular flexibility index (Phi) is 2.73. The average Bonchev–Trinajstić information content (AvgIpc) is 2.37. The number of hydrogen-bond acceptors (Lipinski definition) is 2. The Hall–Kier alpha value is -0.570. The minimum atomic E-state index is -1.23. The number of rotatable bonds is 2. The van der Waals surface area contributed by atoms with Crippen LogP contribution in [0.25, 0.3) is 0 Å². The van der Waals surface area contributed by atoms with Gasteiger partial charge in [-0.15, -0.1) is 0 Å². The minimum absolute atomic E-state index is 0.255. The van der Waals surface area contributed by atoms with Crippen LogP contribution in [0.1, 0.15) is 39.5 Å². The van der Waals surface area contributed by atoms with Crippen molar-refractivity contribution < 1.29 is 9.90 Å². The zero-order chi connectivity index (χ0) is 9.19. The van der Waals surface area contributed by atoms with E-state index in [2.05, 4.69) is 5.32 Å². The number of carbonyl (C=O) groups excluding carboxylic acids is 1. The molecule has 0 radical (unpaired) electrons. The van der Waals surface area contributed by atoms with Gasteiger partial charge in [0.2, 0.25) is 0 Å². The highest BCUT2D eigenvalue weighted by atomic mass is 16.3. The van der Waals surface area contributed by atoms with Gasteiger partial charge >= 0.3 is 0 Å². The normalized spacial score (nSPS) is 19.6. The summed E-state index contributed by atoms with van der Waals surface area (Å²) in [5, 5.41) is 12.2. The zero-order valence-electron chi connectivity index (χ0n) is 7.76. The lowest BCUT2D eigenvalue weighted by Gasteiger charge is -2.20. The molecule has 0 spiro atoms. The second-order valence-corrected chi connectivity index (χ2v) is 4.01. The molecule has 12 heavy (non-hydrogen) atoms. The van der Waals surface area contributed by atoms with E-state index in [0.29, 0.717) is 6.04 Å². The Bertz CT molecular complexity index is 166. The Balaban J connectivity index is 2.35. The van der Waals surface area contributed by atoms with Crippen LogP contribution in [0.4, 0.5) is 0 Å². The first-order chi connectivity index (χ1) is 5.50. The summed E-state index contributed by atoms with van der Waals surface area (Å²) in [6.45, 7) is 3.02. The van der Waals surface area contributed by atoms with E-state index in [1.165, 1.54) is 26.7 Å². The van der Waals surface area contributed by atoms with Crippen molar-refractivity contribution in [3.05, 3.63) is 0 Å². The predicted molar refractivity (Wildman–Crippen MR) is 46.7 cm³/mol. The summed E-state index contributed by atoms with van der Waals surface area (Å²) in [7, 11) is 0. The minimum Gasteiger partial charge on any atom is -0.381 e. The molecule has 1 saturated carbocycles. The van der Waals surface area contributed by atoms with E-state index in [4.69, 9.17) is 0 Å². The van der Waals surface area contributed by atoms with Crippen LogP contribution in [-0.4, -0.2) is 22.7 Å². The van der Waals surface area contributed by atoms with Gasteiger partial charge in [-0.3, -0.25) is 4.79 Å². The lowest BCUT2D eigenvalue weighted by Crippen LogP contribution is -2.45. The van der Waals surface area contributed by atoms with Gasteiger partial charge in [0.25, 0.3) is 5.91 Å². The SMILES string of the molecule is CC(C)(O)C(=O)NC1CCCC1. The van der Waals surface area contributed by atoms with Crippen LogP contribution in [0.5, 0.6) is 0 Å². The van der Waals surface area contributed by atoms with E-state index in [1.807, 2.05) is 0 Å². The largest absolute Gasteiger partial charge is 0.381 e. The highest BCUT2D eigenvalue weighted by molar-refractivity contribution is 5.84. The smallest absolute Gasteiger partial charge is 0.251 e. The van der Waals surface area contributed by atoms with Crippen molar-refractivity contribution in [2.45, 2.75) is 51.2 Å². The molecule has 0 aromatic carbocycles. The monoisotopic (exact) mass is 171 g/mol. The first-order valence-electron chi connectivity index (χ1n) is 4.53. The Morgan fingerprint density at radius 3 is 2.33 bits per heavy atom. The van der Waals surface area contributed by atoms with Crippen molar-refractivity contribution >= 4 is 5.91 Å². The molecule has 0 saturated heterocycles. The van der Waals surface area contributed by atoms with Crippen LogP contribution in [0.15, 0.2) is 0 Å². The fraction of sp³-hybridized carbons (Fsp3) is 0.889. The fourth-order valence-corrected chi connectivity index (χ4v) is 1.43. The molecule has 0 bridgehead atoms. The first kappa shape index (κ1) is 9.52. The van der Waals surface area contributed by atoms with Crippen molar-refractivity contribution in [2.24, 2.45) is 0 Å². The van der Waals surface area contributed by atoms with Crippen LogP contribution in [0.2, 0.25) is 0 Å². The molecule has 3 nitrogen and oxygen atoms in total. The highest BCUT2D eigenvalue weighted by Crippen LogP contribution is 2.18. The van der Waals surface area contributed by atoms with Crippen molar-refractivity contribution in [3.63, 3.8) is 0 Å². The summed E-state index contributed by atoms with van der Waals surface area (Å²) in [6, 6.07) is 0.295. The molecule has 0 unspecified atom stereocenters. The summed E-state index contributed by atoms with van der Waals surface area (Å²) in [5.74, 6) is -0.255. The quantitative estimate of drug-likeness (QED) is 0.646. The Labute approximate surface area is 73.2 Å². The van der Waals surface area contributed by atoms with Gasteiger partial charge in [0.05, 0.1) is 0 Å². The number of amides is 1. The van der Waals surface area contributed by atoms with Crippen LogP contribution in [-0.2, 0) is 4.79 Å². The topological polar surface area (TPSA) is 49.3 Å².